The van der Waals surface area contributed by atoms with Gasteiger partial charge in [-0.1, -0.05) is 6.07 Å². The molecule has 172 valence electrons. The van der Waals surface area contributed by atoms with E-state index in [4.69, 9.17) is 0 Å². The van der Waals surface area contributed by atoms with Gasteiger partial charge in [0.1, 0.15) is 28.7 Å². The van der Waals surface area contributed by atoms with Crippen molar-refractivity contribution in [1.29, 1.82) is 0 Å². The molecule has 12 heteroatoms. The molecule has 0 aliphatic rings. The second kappa shape index (κ2) is 8.01. The minimum atomic E-state index is -4.67. The topological polar surface area (TPSA) is 68.5 Å². The van der Waals surface area contributed by atoms with Gasteiger partial charge >= 0.3 is 12.4 Å². The summed E-state index contributed by atoms with van der Waals surface area (Å²) in [4.78, 5) is 16.2. The highest BCUT2D eigenvalue weighted by molar-refractivity contribution is 5.90. The van der Waals surface area contributed by atoms with Crippen LogP contribution in [0.1, 0.15) is 31.1 Å². The van der Waals surface area contributed by atoms with Gasteiger partial charge in [0, 0.05) is 18.4 Å². The van der Waals surface area contributed by atoms with Crippen molar-refractivity contribution in [2.45, 2.75) is 32.2 Å². The van der Waals surface area contributed by atoms with E-state index in [1.807, 2.05) is 13.8 Å². The highest BCUT2D eigenvalue weighted by Crippen LogP contribution is 2.33. The molecular formula is C21H16F6N6. The lowest BCUT2D eigenvalue weighted by atomic mass is 10.2. The van der Waals surface area contributed by atoms with Crippen molar-refractivity contribution in [3.05, 3.63) is 60.0 Å². The molecule has 0 aliphatic heterocycles. The molecule has 1 N–H and O–H groups in total. The Morgan fingerprint density at radius 3 is 2.33 bits per heavy atom. The van der Waals surface area contributed by atoms with E-state index in [-0.39, 0.29) is 29.2 Å². The quantitative estimate of drug-likeness (QED) is 0.360. The van der Waals surface area contributed by atoms with E-state index < -0.39 is 23.6 Å². The van der Waals surface area contributed by atoms with Crippen LogP contribution in [-0.2, 0) is 12.4 Å². The van der Waals surface area contributed by atoms with E-state index in [9.17, 15) is 26.3 Å². The van der Waals surface area contributed by atoms with Gasteiger partial charge in [0.15, 0.2) is 5.82 Å². The summed E-state index contributed by atoms with van der Waals surface area (Å²) >= 11 is 0. The second-order valence-electron chi connectivity index (χ2n) is 7.41. The van der Waals surface area contributed by atoms with Crippen LogP contribution in [0, 0.1) is 0 Å². The summed E-state index contributed by atoms with van der Waals surface area (Å²) in [5.74, 6) is -0.172. The van der Waals surface area contributed by atoms with Crippen molar-refractivity contribution in [3.63, 3.8) is 0 Å². The van der Waals surface area contributed by atoms with E-state index in [0.29, 0.717) is 11.0 Å². The van der Waals surface area contributed by atoms with Crippen molar-refractivity contribution in [2.24, 2.45) is 0 Å². The molecule has 0 fully saturated rings. The largest absolute Gasteiger partial charge is 0.433 e. The first kappa shape index (κ1) is 22.5. The minimum absolute atomic E-state index is 0.0562. The van der Waals surface area contributed by atoms with Gasteiger partial charge in [0.05, 0.1) is 10.9 Å². The van der Waals surface area contributed by atoms with Gasteiger partial charge < -0.3 is 9.88 Å². The Kier molecular flexibility index (Phi) is 5.46. The minimum Gasteiger partial charge on any atom is -0.330 e. The Bertz CT molecular complexity index is 1310. The van der Waals surface area contributed by atoms with Gasteiger partial charge in [-0.15, -0.1) is 0 Å². The Labute approximate surface area is 183 Å². The van der Waals surface area contributed by atoms with E-state index in [0.717, 1.165) is 24.4 Å². The van der Waals surface area contributed by atoms with E-state index in [2.05, 4.69) is 25.3 Å². The molecule has 0 atom stereocenters. The number of fused-ring (bicyclic) bond motifs is 1. The van der Waals surface area contributed by atoms with Crippen molar-refractivity contribution in [3.8, 4) is 11.5 Å². The molecule has 4 heterocycles. The number of rotatable bonds is 4. The standard InChI is InChI=1S/C21H16F6N6/c1-11(2)33-9-7-13-17(30-16-10-12(6-8-28-16)20(22,23)24)31-18(32-19(13)33)14-4-3-5-15(29-14)21(25,26)27/h3-11H,1-2H3,(H,28,30,31,32). The molecule has 0 unspecified atom stereocenters. The number of nitrogens with zero attached hydrogens (tertiary/aromatic N) is 5. The number of anilines is 2. The fourth-order valence-electron chi connectivity index (χ4n) is 3.17. The first-order valence-electron chi connectivity index (χ1n) is 9.67. The molecule has 0 amide bonds. The SMILES string of the molecule is CC(C)n1ccc2c(Nc3cc(C(F)(F)F)ccn3)nc(-c3cccc(C(F)(F)F)n3)nc21. The lowest BCUT2D eigenvalue weighted by Gasteiger charge is -2.13. The van der Waals surface area contributed by atoms with Crippen molar-refractivity contribution in [2.75, 3.05) is 5.32 Å². The third-order valence-electron chi connectivity index (χ3n) is 4.73. The molecule has 0 spiro atoms. The summed E-state index contributed by atoms with van der Waals surface area (Å²) < 4.78 is 80.4. The average Bonchev–Trinajstić information content (AvgIpc) is 3.17. The van der Waals surface area contributed by atoms with Crippen LogP contribution >= 0.6 is 0 Å². The van der Waals surface area contributed by atoms with Crippen LogP contribution in [0.4, 0.5) is 38.0 Å². The normalized spacial score (nSPS) is 12.5. The maximum atomic E-state index is 13.1. The van der Waals surface area contributed by atoms with Crippen molar-refractivity contribution >= 4 is 22.7 Å². The van der Waals surface area contributed by atoms with Crippen molar-refractivity contribution in [1.82, 2.24) is 24.5 Å². The molecule has 0 aromatic carbocycles. The number of nitrogens with one attached hydrogen (secondary N) is 1. The van der Waals surface area contributed by atoms with Gasteiger partial charge in [-0.25, -0.2) is 19.9 Å². The third kappa shape index (κ3) is 4.59. The van der Waals surface area contributed by atoms with Crippen LogP contribution in [-0.4, -0.2) is 24.5 Å². The van der Waals surface area contributed by atoms with Gasteiger partial charge in [0.25, 0.3) is 0 Å². The van der Waals surface area contributed by atoms with Gasteiger partial charge in [-0.05, 0) is 44.2 Å². The first-order chi connectivity index (χ1) is 15.4. The Morgan fingerprint density at radius 1 is 0.909 bits per heavy atom. The summed E-state index contributed by atoms with van der Waals surface area (Å²) in [6, 6.07) is 6.58. The fraction of sp³-hybridized carbons (Fsp3) is 0.238. The molecule has 4 aromatic heterocycles. The predicted molar refractivity (Wildman–Crippen MR) is 109 cm³/mol. The number of alkyl halides is 6. The first-order valence-corrected chi connectivity index (χ1v) is 9.67. The monoisotopic (exact) mass is 466 g/mol. The smallest absolute Gasteiger partial charge is 0.330 e. The predicted octanol–water partition coefficient (Wildman–Crippen LogP) is 6.25. The molecule has 4 aromatic rings. The highest BCUT2D eigenvalue weighted by atomic mass is 19.4. The zero-order valence-electron chi connectivity index (χ0n) is 17.2. The zero-order chi connectivity index (χ0) is 24.0. The number of hydrogen-bond donors (Lipinski definition) is 1. The van der Waals surface area contributed by atoms with Crippen molar-refractivity contribution < 1.29 is 26.3 Å². The Hall–Kier alpha value is -3.70. The number of hydrogen-bond acceptors (Lipinski definition) is 5. The fourth-order valence-corrected chi connectivity index (χ4v) is 3.17. The molecule has 0 aliphatic carbocycles. The summed E-state index contributed by atoms with van der Waals surface area (Å²) in [6.07, 6.45) is -6.54. The molecule has 0 radical (unpaired) electrons. The molecule has 0 saturated carbocycles. The Morgan fingerprint density at radius 2 is 1.67 bits per heavy atom. The average molecular weight is 466 g/mol. The van der Waals surface area contributed by atoms with Crippen LogP contribution < -0.4 is 5.32 Å². The van der Waals surface area contributed by atoms with Gasteiger partial charge in [-0.3, -0.25) is 0 Å². The lowest BCUT2D eigenvalue weighted by Crippen LogP contribution is -2.10. The Balaban J connectivity index is 1.87. The van der Waals surface area contributed by atoms with Crippen LogP contribution in [0.3, 0.4) is 0 Å². The van der Waals surface area contributed by atoms with Crippen LogP contribution in [0.15, 0.2) is 48.8 Å². The van der Waals surface area contributed by atoms with E-state index in [1.54, 1.807) is 16.8 Å². The number of pyridine rings is 2. The van der Waals surface area contributed by atoms with Crippen LogP contribution in [0.2, 0.25) is 0 Å². The highest BCUT2D eigenvalue weighted by Gasteiger charge is 2.33. The van der Waals surface area contributed by atoms with Crippen LogP contribution in [0.5, 0.6) is 0 Å². The number of aromatic nitrogens is 5. The molecule has 0 saturated heterocycles. The molecule has 4 rings (SSSR count). The summed E-state index contributed by atoms with van der Waals surface area (Å²) in [5.41, 5.74) is -1.78. The molecule has 0 bridgehead atoms. The second-order valence-corrected chi connectivity index (χ2v) is 7.41. The summed E-state index contributed by atoms with van der Waals surface area (Å²) in [5, 5.41) is 3.20. The van der Waals surface area contributed by atoms with E-state index >= 15 is 0 Å². The number of halogens is 6. The van der Waals surface area contributed by atoms with Gasteiger partial charge in [-0.2, -0.15) is 26.3 Å². The third-order valence-corrected chi connectivity index (χ3v) is 4.73. The molecular weight excluding hydrogens is 450 g/mol. The van der Waals surface area contributed by atoms with Crippen LogP contribution in [0.25, 0.3) is 22.6 Å². The zero-order valence-corrected chi connectivity index (χ0v) is 17.2. The molecule has 6 nitrogen and oxygen atoms in total. The molecule has 33 heavy (non-hydrogen) atoms. The van der Waals surface area contributed by atoms with Gasteiger partial charge in [0.2, 0.25) is 0 Å². The maximum absolute atomic E-state index is 13.1. The summed E-state index contributed by atoms with van der Waals surface area (Å²) in [7, 11) is 0. The summed E-state index contributed by atoms with van der Waals surface area (Å²) in [6.45, 7) is 3.76. The lowest BCUT2D eigenvalue weighted by molar-refractivity contribution is -0.141. The maximum Gasteiger partial charge on any atom is 0.433 e. The van der Waals surface area contributed by atoms with E-state index in [1.165, 1.54) is 12.1 Å².